The Morgan fingerprint density at radius 2 is 2.00 bits per heavy atom. The Bertz CT molecular complexity index is 561. The molecule has 0 radical (unpaired) electrons. The molecule has 1 aliphatic heterocycles. The second kappa shape index (κ2) is 5.29. The highest BCUT2D eigenvalue weighted by atomic mass is 16.6. The van der Waals surface area contributed by atoms with Crippen molar-refractivity contribution in [2.45, 2.75) is 24.7 Å². The summed E-state index contributed by atoms with van der Waals surface area (Å²) in [5.41, 5.74) is 1.14. The lowest BCUT2D eigenvalue weighted by Gasteiger charge is -2.19. The summed E-state index contributed by atoms with van der Waals surface area (Å²) in [6, 6.07) is 14.5. The number of rotatable bonds is 3. The Morgan fingerprint density at radius 3 is 2.79 bits per heavy atom. The first kappa shape index (κ1) is 12.6. The molecule has 3 nitrogen and oxygen atoms in total. The van der Waals surface area contributed by atoms with Gasteiger partial charge in [0.05, 0.1) is 18.8 Å². The molecule has 1 N–H and O–H groups in total. The second-order valence-electron chi connectivity index (χ2n) is 4.94. The number of fused-ring (bicyclic) bond motifs is 1. The quantitative estimate of drug-likeness (QED) is 0.920. The van der Waals surface area contributed by atoms with E-state index in [1.54, 1.807) is 7.11 Å². The maximum atomic E-state index is 9.28. The van der Waals surface area contributed by atoms with E-state index in [0.717, 1.165) is 12.0 Å². The molecule has 1 aliphatic rings. The van der Waals surface area contributed by atoms with Crippen LogP contribution in [0.3, 0.4) is 0 Å². The van der Waals surface area contributed by atoms with Gasteiger partial charge in [-0.3, -0.25) is 0 Å². The SMILES string of the molecule is CO[C@@H]1C[C@@H](CO)O[C@H]1c1cccc2ccccc12. The normalized spacial score (nSPS) is 26.9. The van der Waals surface area contributed by atoms with E-state index in [1.807, 2.05) is 18.2 Å². The molecule has 0 aromatic heterocycles. The van der Waals surface area contributed by atoms with E-state index >= 15 is 0 Å². The highest BCUT2D eigenvalue weighted by Crippen LogP contribution is 2.37. The molecule has 1 fully saturated rings. The molecule has 3 rings (SSSR count). The third-order valence-corrected chi connectivity index (χ3v) is 3.81. The van der Waals surface area contributed by atoms with Gasteiger partial charge in [0.1, 0.15) is 6.10 Å². The average molecular weight is 258 g/mol. The van der Waals surface area contributed by atoms with Crippen molar-refractivity contribution in [1.29, 1.82) is 0 Å². The fourth-order valence-electron chi connectivity index (χ4n) is 2.84. The zero-order valence-corrected chi connectivity index (χ0v) is 11.0. The summed E-state index contributed by atoms with van der Waals surface area (Å²) in [5.74, 6) is 0. The number of methoxy groups -OCH3 is 1. The van der Waals surface area contributed by atoms with E-state index in [2.05, 4.69) is 24.3 Å². The third kappa shape index (κ3) is 2.25. The summed E-state index contributed by atoms with van der Waals surface area (Å²) >= 11 is 0. The van der Waals surface area contributed by atoms with Gasteiger partial charge in [0.2, 0.25) is 0 Å². The number of hydrogen-bond donors (Lipinski definition) is 1. The number of hydrogen-bond acceptors (Lipinski definition) is 3. The van der Waals surface area contributed by atoms with Crippen LogP contribution in [0.25, 0.3) is 10.8 Å². The molecule has 1 heterocycles. The Kier molecular flexibility index (Phi) is 3.51. The Hall–Kier alpha value is -1.42. The zero-order valence-electron chi connectivity index (χ0n) is 11.0. The first-order valence-corrected chi connectivity index (χ1v) is 6.60. The van der Waals surface area contributed by atoms with Crippen LogP contribution in [0.2, 0.25) is 0 Å². The number of aliphatic hydroxyl groups is 1. The van der Waals surface area contributed by atoms with Crippen LogP contribution >= 0.6 is 0 Å². The Labute approximate surface area is 112 Å². The van der Waals surface area contributed by atoms with Gasteiger partial charge in [-0.1, -0.05) is 42.5 Å². The highest BCUT2D eigenvalue weighted by molar-refractivity contribution is 5.86. The van der Waals surface area contributed by atoms with Crippen LogP contribution in [0.1, 0.15) is 18.1 Å². The molecule has 19 heavy (non-hydrogen) atoms. The maximum absolute atomic E-state index is 9.28. The molecule has 3 heteroatoms. The monoisotopic (exact) mass is 258 g/mol. The lowest BCUT2D eigenvalue weighted by molar-refractivity contribution is -0.0201. The van der Waals surface area contributed by atoms with Gasteiger partial charge in [0.15, 0.2) is 0 Å². The van der Waals surface area contributed by atoms with Crippen LogP contribution in [0.5, 0.6) is 0 Å². The highest BCUT2D eigenvalue weighted by Gasteiger charge is 2.36. The predicted octanol–water partition coefficient (Wildman–Crippen LogP) is 2.68. The predicted molar refractivity (Wildman–Crippen MR) is 74.1 cm³/mol. The minimum absolute atomic E-state index is 0.00274. The molecule has 1 saturated heterocycles. The van der Waals surface area contributed by atoms with Gasteiger partial charge >= 0.3 is 0 Å². The van der Waals surface area contributed by atoms with Gasteiger partial charge in [0, 0.05) is 13.5 Å². The molecule has 2 aromatic carbocycles. The van der Waals surface area contributed by atoms with E-state index in [4.69, 9.17) is 9.47 Å². The van der Waals surface area contributed by atoms with Crippen LogP contribution in [0.4, 0.5) is 0 Å². The molecule has 2 aromatic rings. The minimum atomic E-state index is -0.131. The van der Waals surface area contributed by atoms with Crippen molar-refractivity contribution in [1.82, 2.24) is 0 Å². The summed E-state index contributed by atoms with van der Waals surface area (Å²) < 4.78 is 11.5. The molecular weight excluding hydrogens is 240 g/mol. The number of aliphatic hydroxyl groups excluding tert-OH is 1. The summed E-state index contributed by atoms with van der Waals surface area (Å²) in [5, 5.41) is 11.7. The number of benzene rings is 2. The van der Waals surface area contributed by atoms with E-state index < -0.39 is 0 Å². The van der Waals surface area contributed by atoms with Gasteiger partial charge in [-0.05, 0) is 16.3 Å². The van der Waals surface area contributed by atoms with Crippen molar-refractivity contribution in [3.8, 4) is 0 Å². The van der Waals surface area contributed by atoms with Crippen molar-refractivity contribution >= 4 is 10.8 Å². The van der Waals surface area contributed by atoms with Crippen LogP contribution in [0, 0.1) is 0 Å². The van der Waals surface area contributed by atoms with Gasteiger partial charge in [-0.25, -0.2) is 0 Å². The summed E-state index contributed by atoms with van der Waals surface area (Å²) in [7, 11) is 1.70. The van der Waals surface area contributed by atoms with Crippen molar-refractivity contribution in [2.75, 3.05) is 13.7 Å². The summed E-state index contributed by atoms with van der Waals surface area (Å²) in [4.78, 5) is 0. The lowest BCUT2D eigenvalue weighted by Crippen LogP contribution is -2.15. The molecule has 0 aliphatic carbocycles. The smallest absolute Gasteiger partial charge is 0.110 e. The first-order chi connectivity index (χ1) is 9.33. The van der Waals surface area contributed by atoms with Crippen molar-refractivity contribution < 1.29 is 14.6 Å². The third-order valence-electron chi connectivity index (χ3n) is 3.81. The standard InChI is InChI=1S/C16H18O3/c1-18-15-9-12(10-17)19-16(15)14-8-4-6-11-5-2-3-7-13(11)14/h2-8,12,15-17H,9-10H2,1H3/t12-,15+,16-/m0/s1. The molecular formula is C16H18O3. The second-order valence-corrected chi connectivity index (χ2v) is 4.94. The Balaban J connectivity index is 2.04. The topological polar surface area (TPSA) is 38.7 Å². The van der Waals surface area contributed by atoms with Gasteiger partial charge in [0.25, 0.3) is 0 Å². The van der Waals surface area contributed by atoms with Crippen molar-refractivity contribution in [3.63, 3.8) is 0 Å². The lowest BCUT2D eigenvalue weighted by atomic mass is 9.97. The molecule has 0 saturated carbocycles. The molecule has 0 amide bonds. The molecule has 0 spiro atoms. The van der Waals surface area contributed by atoms with Crippen LogP contribution in [-0.4, -0.2) is 31.0 Å². The van der Waals surface area contributed by atoms with Crippen LogP contribution in [0.15, 0.2) is 42.5 Å². The van der Waals surface area contributed by atoms with Crippen LogP contribution in [-0.2, 0) is 9.47 Å². The minimum Gasteiger partial charge on any atom is -0.394 e. The maximum Gasteiger partial charge on any atom is 0.110 e. The molecule has 0 bridgehead atoms. The molecule has 0 unspecified atom stereocenters. The summed E-state index contributed by atoms with van der Waals surface area (Å²) in [6.07, 6.45) is 0.506. The van der Waals surface area contributed by atoms with Crippen LogP contribution < -0.4 is 0 Å². The van der Waals surface area contributed by atoms with E-state index in [-0.39, 0.29) is 24.9 Å². The Morgan fingerprint density at radius 1 is 1.21 bits per heavy atom. The fraction of sp³-hybridized carbons (Fsp3) is 0.375. The molecule has 100 valence electrons. The van der Waals surface area contributed by atoms with Crippen molar-refractivity contribution in [3.05, 3.63) is 48.0 Å². The zero-order chi connectivity index (χ0) is 13.2. The average Bonchev–Trinajstić information content (AvgIpc) is 2.90. The number of ether oxygens (including phenoxy) is 2. The first-order valence-electron chi connectivity index (χ1n) is 6.60. The van der Waals surface area contributed by atoms with E-state index in [0.29, 0.717) is 0 Å². The van der Waals surface area contributed by atoms with E-state index in [1.165, 1.54) is 10.8 Å². The molecule has 3 atom stereocenters. The van der Waals surface area contributed by atoms with E-state index in [9.17, 15) is 5.11 Å². The van der Waals surface area contributed by atoms with Crippen molar-refractivity contribution in [2.24, 2.45) is 0 Å². The van der Waals surface area contributed by atoms with Gasteiger partial charge in [-0.15, -0.1) is 0 Å². The summed E-state index contributed by atoms with van der Waals surface area (Å²) in [6.45, 7) is 0.0428. The van der Waals surface area contributed by atoms with Gasteiger partial charge < -0.3 is 14.6 Å². The van der Waals surface area contributed by atoms with Gasteiger partial charge in [-0.2, -0.15) is 0 Å². The fourth-order valence-corrected chi connectivity index (χ4v) is 2.84. The largest absolute Gasteiger partial charge is 0.394 e.